The molecule has 6 rings (SSSR count). The Balaban J connectivity index is 1.40. The first kappa shape index (κ1) is 31.0. The van der Waals surface area contributed by atoms with Crippen molar-refractivity contribution in [3.63, 3.8) is 0 Å². The second kappa shape index (κ2) is 12.1. The predicted octanol–water partition coefficient (Wildman–Crippen LogP) is 3.76. The number of benzene rings is 2. The Morgan fingerprint density at radius 3 is 2.64 bits per heavy atom. The molecule has 1 aromatic heterocycles. The number of anilines is 2. The van der Waals surface area contributed by atoms with E-state index in [9.17, 15) is 19.5 Å². The average molecular weight is 629 g/mol. The number of amides is 2. The average Bonchev–Trinajstić information content (AvgIpc) is 3.67. The number of hydrogen-bond donors (Lipinski definition) is 2. The second-order valence-corrected chi connectivity index (χ2v) is 16.6. The summed E-state index contributed by atoms with van der Waals surface area (Å²) in [7, 11) is -2.86. The number of ether oxygens (including phenoxy) is 1. The fraction of sp³-hybridized carbons (Fsp3) is 0.424. The molecule has 1 fully saturated rings. The molecule has 45 heavy (non-hydrogen) atoms. The molecule has 0 saturated carbocycles. The highest BCUT2D eigenvalue weighted by atomic mass is 28.4. The van der Waals surface area contributed by atoms with Gasteiger partial charge in [-0.05, 0) is 43.3 Å². The predicted molar refractivity (Wildman–Crippen MR) is 173 cm³/mol. The van der Waals surface area contributed by atoms with Crippen LogP contribution in [-0.2, 0) is 32.9 Å². The van der Waals surface area contributed by atoms with Gasteiger partial charge in [0.1, 0.15) is 0 Å². The van der Waals surface area contributed by atoms with Crippen LogP contribution in [0.2, 0.25) is 18.6 Å². The topological polar surface area (TPSA) is 133 Å². The molecule has 0 unspecified atom stereocenters. The summed E-state index contributed by atoms with van der Waals surface area (Å²) in [5.41, 5.74) is 2.80. The molecule has 3 aliphatic heterocycles. The van der Waals surface area contributed by atoms with Crippen LogP contribution in [0.4, 0.5) is 11.4 Å². The smallest absolute Gasteiger partial charge is 0.264 e. The molecule has 1 saturated heterocycles. The zero-order valence-electron chi connectivity index (χ0n) is 26.0. The van der Waals surface area contributed by atoms with Crippen molar-refractivity contribution in [1.82, 2.24) is 15.0 Å². The van der Waals surface area contributed by atoms with Gasteiger partial charge >= 0.3 is 0 Å². The number of nitrogens with zero attached hydrogens (tertiary/aromatic N) is 6. The first-order chi connectivity index (χ1) is 21.6. The van der Waals surface area contributed by atoms with Gasteiger partial charge in [-0.15, -0.1) is 11.7 Å². The van der Waals surface area contributed by atoms with Crippen molar-refractivity contribution >= 4 is 37.2 Å². The summed E-state index contributed by atoms with van der Waals surface area (Å²) in [6.45, 7) is 10.4. The van der Waals surface area contributed by atoms with E-state index in [0.717, 1.165) is 11.3 Å². The molecule has 0 bridgehead atoms. The molecule has 236 valence electrons. The van der Waals surface area contributed by atoms with E-state index in [0.29, 0.717) is 61.4 Å². The number of aliphatic hydroxyl groups is 1. The van der Waals surface area contributed by atoms with E-state index in [4.69, 9.17) is 9.84 Å². The third kappa shape index (κ3) is 5.45. The highest BCUT2D eigenvalue weighted by molar-refractivity contribution is 6.71. The third-order valence-electron chi connectivity index (χ3n) is 9.26. The molecule has 0 aliphatic carbocycles. The summed E-state index contributed by atoms with van der Waals surface area (Å²) in [5.74, 6) is -0.673. The number of aliphatic hydroxyl groups excluding tert-OH is 1. The number of aromatic nitrogens is 3. The third-order valence-corrected chi connectivity index (χ3v) is 11.8. The minimum absolute atomic E-state index is 0.0105. The van der Waals surface area contributed by atoms with Gasteiger partial charge < -0.3 is 19.5 Å². The van der Waals surface area contributed by atoms with Crippen LogP contribution in [0.1, 0.15) is 43.0 Å². The van der Waals surface area contributed by atoms with Crippen LogP contribution in [0.3, 0.4) is 0 Å². The Morgan fingerprint density at radius 2 is 1.93 bits per heavy atom. The van der Waals surface area contributed by atoms with Crippen molar-refractivity contribution in [1.29, 1.82) is 0 Å². The minimum atomic E-state index is -2.86. The number of rotatable bonds is 10. The van der Waals surface area contributed by atoms with Crippen molar-refractivity contribution in [2.45, 2.75) is 69.5 Å². The molecule has 3 aromatic rings. The lowest BCUT2D eigenvalue weighted by Gasteiger charge is -2.32. The van der Waals surface area contributed by atoms with Crippen molar-refractivity contribution in [2.75, 3.05) is 23.1 Å². The Morgan fingerprint density at radius 1 is 1.16 bits per heavy atom. The Hall–Kier alpha value is -3.97. The molecule has 0 radical (unpaired) electrons. The molecular weight excluding hydrogens is 588 g/mol. The molecule has 3 aliphatic rings. The van der Waals surface area contributed by atoms with Crippen LogP contribution in [-0.4, -0.2) is 70.0 Å². The molecule has 4 atom stereocenters. The Bertz CT molecular complexity index is 1640. The summed E-state index contributed by atoms with van der Waals surface area (Å²) >= 11 is 0. The maximum Gasteiger partial charge on any atom is 0.264 e. The standard InChI is InChI=1S/C33H40N6O5Si/c1-5-17-38-28-13-11-25(39-30(41)14-12-27(35-39)23-9-7-6-8-10-23)20-26(28)33(32(38)42)22(2)31(45(3,4)43)29(44-33)15-18-37-21-24(16-19-40)34-36-37/h5-11,13,20-22,29,31,40,43H,1,12,14-19H2,2-4H3/t22-,29+,31-,33+/m1/s1. The van der Waals surface area contributed by atoms with Gasteiger partial charge in [-0.25, -0.2) is 5.01 Å². The lowest BCUT2D eigenvalue weighted by Crippen LogP contribution is -2.46. The molecule has 2 N–H and O–H groups in total. The van der Waals surface area contributed by atoms with Crippen LogP contribution in [0.25, 0.3) is 0 Å². The van der Waals surface area contributed by atoms with E-state index in [-0.39, 0.29) is 29.9 Å². The van der Waals surface area contributed by atoms with Gasteiger partial charge in [-0.3, -0.25) is 14.3 Å². The Kier molecular flexibility index (Phi) is 8.33. The van der Waals surface area contributed by atoms with E-state index in [1.165, 1.54) is 5.01 Å². The van der Waals surface area contributed by atoms with Gasteiger partial charge in [0.25, 0.3) is 5.91 Å². The quantitative estimate of drug-likeness (QED) is 0.258. The van der Waals surface area contributed by atoms with Crippen LogP contribution in [0.15, 0.2) is 72.5 Å². The van der Waals surface area contributed by atoms with Crippen molar-refractivity contribution < 1.29 is 24.2 Å². The van der Waals surface area contributed by atoms with E-state index in [1.807, 2.05) is 68.5 Å². The lowest BCUT2D eigenvalue weighted by molar-refractivity contribution is -0.145. The molecule has 1 spiro atoms. The molecule has 12 heteroatoms. The van der Waals surface area contributed by atoms with Crippen LogP contribution in [0, 0.1) is 5.92 Å². The zero-order valence-corrected chi connectivity index (χ0v) is 27.0. The molecule has 2 aromatic carbocycles. The molecule has 2 amide bonds. The number of fused-ring (bicyclic) bond motifs is 2. The van der Waals surface area contributed by atoms with Crippen molar-refractivity contribution in [2.24, 2.45) is 11.0 Å². The van der Waals surface area contributed by atoms with E-state index >= 15 is 0 Å². The zero-order chi connectivity index (χ0) is 31.9. The number of carbonyl (C=O) groups excluding carboxylic acids is 2. The summed E-state index contributed by atoms with van der Waals surface area (Å²) in [4.78, 5) is 41.0. The molecule has 4 heterocycles. The van der Waals surface area contributed by atoms with Gasteiger partial charge in [0.05, 0.1) is 28.9 Å². The Labute approximate surface area is 263 Å². The van der Waals surface area contributed by atoms with Gasteiger partial charge in [0.2, 0.25) is 5.91 Å². The maximum atomic E-state index is 14.5. The highest BCUT2D eigenvalue weighted by Gasteiger charge is 2.66. The van der Waals surface area contributed by atoms with Gasteiger partial charge in [-0.1, -0.05) is 48.5 Å². The van der Waals surface area contributed by atoms with Crippen molar-refractivity contribution in [3.8, 4) is 0 Å². The summed E-state index contributed by atoms with van der Waals surface area (Å²) in [5, 5.41) is 23.8. The largest absolute Gasteiger partial charge is 0.432 e. The van der Waals surface area contributed by atoms with Crippen LogP contribution >= 0.6 is 0 Å². The molecular formula is C33H40N6O5Si. The van der Waals surface area contributed by atoms with Gasteiger partial charge in [0.15, 0.2) is 13.9 Å². The van der Waals surface area contributed by atoms with E-state index < -0.39 is 20.0 Å². The lowest BCUT2D eigenvalue weighted by atomic mass is 9.82. The van der Waals surface area contributed by atoms with Crippen molar-refractivity contribution in [3.05, 3.63) is 84.2 Å². The minimum Gasteiger partial charge on any atom is -0.432 e. The first-order valence-corrected chi connectivity index (χ1v) is 18.5. The second-order valence-electron chi connectivity index (χ2n) is 12.6. The number of carbonyl (C=O) groups is 2. The monoisotopic (exact) mass is 628 g/mol. The summed E-state index contributed by atoms with van der Waals surface area (Å²) < 4.78 is 8.63. The van der Waals surface area contributed by atoms with Crippen LogP contribution < -0.4 is 9.91 Å². The number of aryl methyl sites for hydroxylation is 1. The van der Waals surface area contributed by atoms with Gasteiger partial charge in [-0.2, -0.15) is 5.10 Å². The normalized spacial score (nSPS) is 24.8. The summed E-state index contributed by atoms with van der Waals surface area (Å²) in [6, 6.07) is 15.4. The van der Waals surface area contributed by atoms with Gasteiger partial charge in [0, 0.05) is 62.2 Å². The van der Waals surface area contributed by atoms with E-state index in [1.54, 1.807) is 21.9 Å². The van der Waals surface area contributed by atoms with E-state index in [2.05, 4.69) is 16.9 Å². The maximum absolute atomic E-state index is 14.5. The van der Waals surface area contributed by atoms with Crippen LogP contribution in [0.5, 0.6) is 0 Å². The first-order valence-electron chi connectivity index (χ1n) is 15.5. The SMILES string of the molecule is C=CCN1C(=O)[C@@]2(O[C@@H](CCn3cc(CCO)nn3)[C@H]([Si](C)(C)O)[C@H]2C)c2cc(N3N=C(c4ccccc4)CCC3=O)ccc21. The highest BCUT2D eigenvalue weighted by Crippen LogP contribution is 2.60. The fourth-order valence-corrected chi connectivity index (χ4v) is 9.91. The fourth-order valence-electron chi connectivity index (χ4n) is 7.31. The summed E-state index contributed by atoms with van der Waals surface area (Å²) in [6.07, 6.45) is 4.85. The number of hydrazone groups is 1. The molecule has 11 nitrogen and oxygen atoms in total. The number of hydrogen-bond acceptors (Lipinski definition) is 8.